The van der Waals surface area contributed by atoms with E-state index in [0.29, 0.717) is 12.8 Å². The first-order valence-corrected chi connectivity index (χ1v) is 31.1. The minimum absolute atomic E-state index is 0.0667. The van der Waals surface area contributed by atoms with E-state index in [2.05, 4.69) is 98.9 Å². The van der Waals surface area contributed by atoms with Gasteiger partial charge in [0, 0.05) is 12.8 Å². The molecule has 5 heteroatoms. The number of allylic oxidation sites excluding steroid dienone is 14. The van der Waals surface area contributed by atoms with Crippen molar-refractivity contribution in [3.8, 4) is 0 Å². The molecule has 0 aromatic rings. The smallest absolute Gasteiger partial charge is 0.306 e. The van der Waals surface area contributed by atoms with Crippen LogP contribution in [0, 0.1) is 0 Å². The Labute approximate surface area is 447 Å². The fourth-order valence-corrected chi connectivity index (χ4v) is 9.03. The molecule has 0 saturated heterocycles. The number of ether oxygens (including phenoxy) is 2. The van der Waals surface area contributed by atoms with Gasteiger partial charge >= 0.3 is 11.9 Å². The van der Waals surface area contributed by atoms with Crippen molar-refractivity contribution in [2.24, 2.45) is 0 Å². The maximum atomic E-state index is 12.3. The van der Waals surface area contributed by atoms with E-state index in [-0.39, 0.29) is 25.2 Å². The summed E-state index contributed by atoms with van der Waals surface area (Å²) >= 11 is 0. The highest BCUT2D eigenvalue weighted by Gasteiger charge is 2.16. The number of rotatable bonds is 57. The number of hydrogen-bond donors (Lipinski definition) is 1. The molecule has 1 atom stereocenters. The van der Waals surface area contributed by atoms with Crippen LogP contribution in [0.4, 0.5) is 0 Å². The number of carbonyl (C=O) groups excluding carboxylic acids is 2. The standard InChI is InChI=1S/C67H118O5/c1-3-5-7-9-11-13-15-17-19-21-23-25-27-29-31-32-33-34-36-38-40-42-44-46-48-50-52-54-56-58-60-62-67(70)72-65(63-68)64-71-66(69)61-59-57-55-53-51-49-47-45-43-41-39-37-35-30-28-26-24-22-20-18-16-14-12-10-8-6-4-2/h5,7,11,13,17,19,22-25,29,31,33-34,65,68H,3-4,6,8-10,12,14-16,18,20-21,26-28,30,32,35-64H2,1-2H3/b7-5-,13-11-,19-17-,24-22-,25-23-,31-29-,34-33-. The van der Waals surface area contributed by atoms with Gasteiger partial charge in [0.15, 0.2) is 6.10 Å². The van der Waals surface area contributed by atoms with Crippen LogP contribution in [-0.2, 0) is 19.1 Å². The van der Waals surface area contributed by atoms with Crippen LogP contribution >= 0.6 is 0 Å². The van der Waals surface area contributed by atoms with Crippen LogP contribution in [0.5, 0.6) is 0 Å². The van der Waals surface area contributed by atoms with Crippen molar-refractivity contribution in [3.05, 3.63) is 85.1 Å². The summed E-state index contributed by atoms with van der Waals surface area (Å²) in [6.07, 6.45) is 87.2. The summed E-state index contributed by atoms with van der Waals surface area (Å²) in [5.74, 6) is -0.583. The van der Waals surface area contributed by atoms with Crippen LogP contribution in [0.1, 0.15) is 309 Å². The molecule has 0 fully saturated rings. The number of aliphatic hydroxyl groups is 1. The molecule has 0 rings (SSSR count). The Morgan fingerprint density at radius 2 is 0.597 bits per heavy atom. The summed E-state index contributed by atoms with van der Waals surface area (Å²) in [5, 5.41) is 9.68. The van der Waals surface area contributed by atoms with E-state index in [4.69, 9.17) is 9.47 Å². The van der Waals surface area contributed by atoms with Gasteiger partial charge < -0.3 is 14.6 Å². The number of carbonyl (C=O) groups is 2. The van der Waals surface area contributed by atoms with Gasteiger partial charge in [0.2, 0.25) is 0 Å². The largest absolute Gasteiger partial charge is 0.462 e. The molecule has 1 unspecified atom stereocenters. The molecule has 5 nitrogen and oxygen atoms in total. The molecule has 0 aliphatic heterocycles. The summed E-state index contributed by atoms with van der Waals surface area (Å²) in [6, 6.07) is 0. The Kier molecular flexibility index (Phi) is 59.8. The summed E-state index contributed by atoms with van der Waals surface area (Å²) in [7, 11) is 0. The third kappa shape index (κ3) is 59.6. The topological polar surface area (TPSA) is 72.8 Å². The van der Waals surface area contributed by atoms with E-state index in [9.17, 15) is 14.7 Å². The van der Waals surface area contributed by atoms with E-state index in [1.807, 2.05) is 0 Å². The van der Waals surface area contributed by atoms with Crippen molar-refractivity contribution >= 4 is 11.9 Å². The monoisotopic (exact) mass is 1000 g/mol. The fourth-order valence-electron chi connectivity index (χ4n) is 9.03. The number of aliphatic hydroxyl groups excluding tert-OH is 1. The summed E-state index contributed by atoms with van der Waals surface area (Å²) in [5.41, 5.74) is 0. The van der Waals surface area contributed by atoms with Gasteiger partial charge in [0.05, 0.1) is 6.61 Å². The molecule has 0 aromatic carbocycles. The minimum Gasteiger partial charge on any atom is -0.462 e. The second kappa shape index (κ2) is 62.4. The zero-order valence-corrected chi connectivity index (χ0v) is 47.7. The lowest BCUT2D eigenvalue weighted by molar-refractivity contribution is -0.161. The van der Waals surface area contributed by atoms with Gasteiger partial charge in [-0.2, -0.15) is 0 Å². The number of hydrogen-bond acceptors (Lipinski definition) is 5. The first-order valence-electron chi connectivity index (χ1n) is 31.1. The van der Waals surface area contributed by atoms with Crippen molar-refractivity contribution in [1.82, 2.24) is 0 Å². The Balaban J connectivity index is 3.48. The maximum absolute atomic E-state index is 12.3. The zero-order valence-electron chi connectivity index (χ0n) is 47.7. The highest BCUT2D eigenvalue weighted by atomic mass is 16.6. The molecule has 0 radical (unpaired) electrons. The van der Waals surface area contributed by atoms with Gasteiger partial charge in [-0.05, 0) is 89.9 Å². The van der Waals surface area contributed by atoms with Gasteiger partial charge in [-0.3, -0.25) is 9.59 Å². The van der Waals surface area contributed by atoms with Gasteiger partial charge in [0.25, 0.3) is 0 Å². The van der Waals surface area contributed by atoms with E-state index in [1.54, 1.807) is 0 Å². The molecule has 0 aliphatic carbocycles. The van der Waals surface area contributed by atoms with Crippen LogP contribution in [0.15, 0.2) is 85.1 Å². The van der Waals surface area contributed by atoms with Gasteiger partial charge in [0.1, 0.15) is 6.61 Å². The van der Waals surface area contributed by atoms with E-state index < -0.39 is 6.10 Å². The molecule has 0 amide bonds. The average Bonchev–Trinajstić information content (AvgIpc) is 3.38. The first kappa shape index (κ1) is 69.1. The van der Waals surface area contributed by atoms with Crippen molar-refractivity contribution in [2.75, 3.05) is 13.2 Å². The molecule has 0 aromatic heterocycles. The maximum Gasteiger partial charge on any atom is 0.306 e. The predicted molar refractivity (Wildman–Crippen MR) is 316 cm³/mol. The summed E-state index contributed by atoms with van der Waals surface area (Å²) in [6.45, 7) is 4.06. The highest BCUT2D eigenvalue weighted by Crippen LogP contribution is 2.17. The number of esters is 2. The van der Waals surface area contributed by atoms with E-state index >= 15 is 0 Å². The lowest BCUT2D eigenvalue weighted by atomic mass is 10.0. The first-order chi connectivity index (χ1) is 35.6. The minimum atomic E-state index is -0.777. The van der Waals surface area contributed by atoms with Crippen LogP contribution in [0.3, 0.4) is 0 Å². The molecule has 0 bridgehead atoms. The molecular formula is C67H118O5. The summed E-state index contributed by atoms with van der Waals surface area (Å²) < 4.78 is 10.7. The summed E-state index contributed by atoms with van der Waals surface area (Å²) in [4.78, 5) is 24.6. The normalized spacial score (nSPS) is 12.8. The zero-order chi connectivity index (χ0) is 52.0. The van der Waals surface area contributed by atoms with Crippen LogP contribution < -0.4 is 0 Å². The average molecular weight is 1000 g/mol. The second-order valence-electron chi connectivity index (χ2n) is 20.8. The Bertz CT molecular complexity index is 1320. The molecule has 1 N–H and O–H groups in total. The van der Waals surface area contributed by atoms with Crippen LogP contribution in [-0.4, -0.2) is 36.4 Å². The number of unbranched alkanes of at least 4 members (excludes halogenated alkanes) is 35. The van der Waals surface area contributed by atoms with Crippen molar-refractivity contribution < 1.29 is 24.2 Å². The molecular weight excluding hydrogens is 885 g/mol. The lowest BCUT2D eigenvalue weighted by Gasteiger charge is -2.15. The van der Waals surface area contributed by atoms with Crippen LogP contribution in [0.2, 0.25) is 0 Å². The molecule has 0 saturated carbocycles. The molecule has 0 aliphatic rings. The van der Waals surface area contributed by atoms with Crippen LogP contribution in [0.25, 0.3) is 0 Å². The molecule has 0 heterocycles. The van der Waals surface area contributed by atoms with E-state index in [1.165, 1.54) is 205 Å². The molecule has 416 valence electrons. The SMILES string of the molecule is CC/C=C\C/C=C\C/C=C\C/C=C\C/C=C\C/C=C\CCCCCCCCCCCCCCC(=O)OC(CO)COC(=O)CCCCCCCCCCCCCCCCC/C=C\CCCCCCCCCC. The Morgan fingerprint density at radius 3 is 0.917 bits per heavy atom. The predicted octanol–water partition coefficient (Wildman–Crippen LogP) is 21.3. The highest BCUT2D eigenvalue weighted by molar-refractivity contribution is 5.70. The molecule has 0 spiro atoms. The quantitative estimate of drug-likeness (QED) is 0.0373. The van der Waals surface area contributed by atoms with Gasteiger partial charge in [-0.1, -0.05) is 292 Å². The van der Waals surface area contributed by atoms with Crippen molar-refractivity contribution in [3.63, 3.8) is 0 Å². The van der Waals surface area contributed by atoms with E-state index in [0.717, 1.165) is 77.0 Å². The van der Waals surface area contributed by atoms with Crippen molar-refractivity contribution in [2.45, 2.75) is 315 Å². The van der Waals surface area contributed by atoms with Crippen molar-refractivity contribution in [1.29, 1.82) is 0 Å². The Morgan fingerprint density at radius 1 is 0.333 bits per heavy atom. The van der Waals surface area contributed by atoms with Gasteiger partial charge in [-0.25, -0.2) is 0 Å². The molecule has 72 heavy (non-hydrogen) atoms. The third-order valence-electron chi connectivity index (χ3n) is 13.7. The lowest BCUT2D eigenvalue weighted by Crippen LogP contribution is -2.28. The second-order valence-corrected chi connectivity index (χ2v) is 20.8. The van der Waals surface area contributed by atoms with Gasteiger partial charge in [-0.15, -0.1) is 0 Å². The Hall–Kier alpha value is -2.92. The fraction of sp³-hybridized carbons (Fsp3) is 0.761. The third-order valence-corrected chi connectivity index (χ3v) is 13.7.